The van der Waals surface area contributed by atoms with Gasteiger partial charge in [-0.15, -0.1) is 0 Å². The van der Waals surface area contributed by atoms with Crippen molar-refractivity contribution in [1.82, 2.24) is 14.2 Å². The fourth-order valence-electron chi connectivity index (χ4n) is 4.46. The Labute approximate surface area is 187 Å². The fraction of sp³-hybridized carbons (Fsp3) is 0.333. The van der Waals surface area contributed by atoms with Crippen molar-refractivity contribution in [2.24, 2.45) is 0 Å². The van der Waals surface area contributed by atoms with Crippen molar-refractivity contribution >= 4 is 26.8 Å². The van der Waals surface area contributed by atoms with Crippen molar-refractivity contribution in [3.63, 3.8) is 0 Å². The van der Waals surface area contributed by atoms with Crippen LogP contribution >= 0.6 is 0 Å². The van der Waals surface area contributed by atoms with E-state index in [9.17, 15) is 13.2 Å². The highest BCUT2D eigenvalue weighted by atomic mass is 32.2. The fourth-order valence-corrected chi connectivity index (χ4v) is 5.93. The summed E-state index contributed by atoms with van der Waals surface area (Å²) in [6.07, 6.45) is 4.73. The molecule has 0 radical (unpaired) electrons. The van der Waals surface area contributed by atoms with Gasteiger partial charge in [-0.2, -0.15) is 4.31 Å². The molecule has 3 aromatic rings. The van der Waals surface area contributed by atoms with Gasteiger partial charge in [-0.05, 0) is 54.7 Å². The molecule has 1 aliphatic carbocycles. The first-order valence-electron chi connectivity index (χ1n) is 10.9. The van der Waals surface area contributed by atoms with Crippen molar-refractivity contribution in [3.05, 3.63) is 65.9 Å². The number of amides is 1. The topological polar surface area (TPSA) is 79.8 Å². The Kier molecular flexibility index (Phi) is 5.57. The number of sulfonamides is 1. The maximum Gasteiger partial charge on any atom is 0.260 e. The van der Waals surface area contributed by atoms with Crippen LogP contribution in [0.3, 0.4) is 0 Å². The van der Waals surface area contributed by atoms with E-state index in [2.05, 4.69) is 4.98 Å². The minimum atomic E-state index is -3.56. The standard InChI is InChI=1S/C24H25N3O4S/c28-23(17-31-22-8-2-5-19-7-3-11-25-24(19)22)26-12-14-27(15-13-26)32(29,30)21-10-9-18-4-1-6-20(18)16-21/h2-3,5,7-11,16H,1,4,6,12-15,17H2. The lowest BCUT2D eigenvalue weighted by Crippen LogP contribution is -2.51. The normalized spacial score (nSPS) is 16.8. The molecule has 32 heavy (non-hydrogen) atoms. The quantitative estimate of drug-likeness (QED) is 0.596. The van der Waals surface area contributed by atoms with E-state index in [1.165, 1.54) is 9.87 Å². The number of aromatic nitrogens is 1. The number of carbonyl (C=O) groups excluding carboxylic acids is 1. The second kappa shape index (κ2) is 8.52. The van der Waals surface area contributed by atoms with Crippen molar-refractivity contribution < 1.29 is 17.9 Å². The van der Waals surface area contributed by atoms with Crippen LogP contribution in [0.25, 0.3) is 10.9 Å². The van der Waals surface area contributed by atoms with Gasteiger partial charge in [0, 0.05) is 37.8 Å². The molecule has 0 spiro atoms. The molecule has 7 nitrogen and oxygen atoms in total. The molecular formula is C24H25N3O4S. The SMILES string of the molecule is O=C(COc1cccc2cccnc12)N1CCN(S(=O)(=O)c2ccc3c(c2)CCC3)CC1. The first kappa shape index (κ1) is 20.9. The molecule has 0 N–H and O–H groups in total. The number of benzene rings is 2. The molecule has 0 saturated carbocycles. The van der Waals surface area contributed by atoms with Gasteiger partial charge in [-0.25, -0.2) is 8.42 Å². The summed E-state index contributed by atoms with van der Waals surface area (Å²) in [5.41, 5.74) is 3.11. The summed E-state index contributed by atoms with van der Waals surface area (Å²) in [5, 5.41) is 0.947. The minimum Gasteiger partial charge on any atom is -0.481 e. The number of nitrogens with zero attached hydrogens (tertiary/aromatic N) is 3. The highest BCUT2D eigenvalue weighted by Gasteiger charge is 2.31. The lowest BCUT2D eigenvalue weighted by Gasteiger charge is -2.34. The highest BCUT2D eigenvalue weighted by molar-refractivity contribution is 7.89. The zero-order valence-corrected chi connectivity index (χ0v) is 18.6. The van der Waals surface area contributed by atoms with E-state index in [-0.39, 0.29) is 25.6 Å². The van der Waals surface area contributed by atoms with Crippen LogP contribution < -0.4 is 4.74 Å². The molecule has 0 unspecified atom stereocenters. The Hall–Kier alpha value is -2.97. The third-order valence-corrected chi connectivity index (χ3v) is 8.14. The van der Waals surface area contributed by atoms with Crippen molar-refractivity contribution in [3.8, 4) is 5.75 Å². The molecule has 0 atom stereocenters. The molecule has 8 heteroatoms. The van der Waals surface area contributed by atoms with Crippen LogP contribution in [0, 0.1) is 0 Å². The van der Waals surface area contributed by atoms with Crippen LogP contribution in [0.5, 0.6) is 5.75 Å². The van der Waals surface area contributed by atoms with Crippen LogP contribution in [0.15, 0.2) is 59.6 Å². The number of aryl methyl sites for hydroxylation is 2. The summed E-state index contributed by atoms with van der Waals surface area (Å²) in [5.74, 6) is 0.404. The number of para-hydroxylation sites is 1. The number of fused-ring (bicyclic) bond motifs is 2. The number of pyridine rings is 1. The first-order chi connectivity index (χ1) is 15.5. The average Bonchev–Trinajstić information content (AvgIpc) is 3.30. The molecule has 2 aromatic carbocycles. The third-order valence-electron chi connectivity index (χ3n) is 6.25. The van der Waals surface area contributed by atoms with E-state index in [4.69, 9.17) is 4.74 Å². The summed E-state index contributed by atoms with van der Waals surface area (Å²) in [6, 6.07) is 14.9. The van der Waals surface area contributed by atoms with Gasteiger partial charge in [0.15, 0.2) is 6.61 Å². The molecule has 0 bridgehead atoms. The maximum atomic E-state index is 13.1. The molecule has 1 saturated heterocycles. The van der Waals surface area contributed by atoms with E-state index in [0.717, 1.165) is 30.2 Å². The van der Waals surface area contributed by atoms with Crippen LogP contribution in [-0.4, -0.2) is 61.3 Å². The number of piperazine rings is 1. The predicted octanol–water partition coefficient (Wildman–Crippen LogP) is 2.64. The van der Waals surface area contributed by atoms with Crippen molar-refractivity contribution in [1.29, 1.82) is 0 Å². The van der Waals surface area contributed by atoms with Crippen molar-refractivity contribution in [2.45, 2.75) is 24.2 Å². The second-order valence-electron chi connectivity index (χ2n) is 8.19. The smallest absolute Gasteiger partial charge is 0.260 e. The van der Waals surface area contributed by atoms with Gasteiger partial charge in [0.25, 0.3) is 5.91 Å². The molecule has 5 rings (SSSR count). The van der Waals surface area contributed by atoms with Gasteiger partial charge in [-0.3, -0.25) is 9.78 Å². The molecular weight excluding hydrogens is 426 g/mol. The number of hydrogen-bond donors (Lipinski definition) is 0. The van der Waals surface area contributed by atoms with Gasteiger partial charge in [0.2, 0.25) is 10.0 Å². The first-order valence-corrected chi connectivity index (χ1v) is 12.3. The third kappa shape index (κ3) is 3.96. The van der Waals surface area contributed by atoms with E-state index < -0.39 is 10.0 Å². The second-order valence-corrected chi connectivity index (χ2v) is 10.1. The summed E-state index contributed by atoms with van der Waals surface area (Å²) < 4.78 is 33.4. The number of hydrogen-bond acceptors (Lipinski definition) is 5. The Morgan fingerprint density at radius 2 is 1.75 bits per heavy atom. The molecule has 1 aromatic heterocycles. The number of carbonyl (C=O) groups is 1. The molecule has 1 amide bonds. The molecule has 1 fully saturated rings. The van der Waals surface area contributed by atoms with E-state index in [1.54, 1.807) is 23.2 Å². The lowest BCUT2D eigenvalue weighted by molar-refractivity contribution is -0.134. The number of rotatable bonds is 5. The van der Waals surface area contributed by atoms with Crippen LogP contribution in [0.1, 0.15) is 17.5 Å². The summed E-state index contributed by atoms with van der Waals surface area (Å²) in [4.78, 5) is 19.0. The van der Waals surface area contributed by atoms with Crippen LogP contribution in [0.4, 0.5) is 0 Å². The van der Waals surface area contributed by atoms with Crippen molar-refractivity contribution in [2.75, 3.05) is 32.8 Å². The average molecular weight is 452 g/mol. The van der Waals surface area contributed by atoms with E-state index in [1.807, 2.05) is 36.4 Å². The summed E-state index contributed by atoms with van der Waals surface area (Å²) >= 11 is 0. The van der Waals surface area contributed by atoms with Gasteiger partial charge < -0.3 is 9.64 Å². The Balaban J connectivity index is 1.20. The van der Waals surface area contributed by atoms with Crippen LogP contribution in [-0.2, 0) is 27.7 Å². The van der Waals surface area contributed by atoms with Gasteiger partial charge >= 0.3 is 0 Å². The predicted molar refractivity (Wildman–Crippen MR) is 121 cm³/mol. The van der Waals surface area contributed by atoms with Gasteiger partial charge in [0.1, 0.15) is 11.3 Å². The zero-order chi connectivity index (χ0) is 22.1. The highest BCUT2D eigenvalue weighted by Crippen LogP contribution is 2.27. The van der Waals surface area contributed by atoms with E-state index in [0.29, 0.717) is 29.3 Å². The van der Waals surface area contributed by atoms with E-state index >= 15 is 0 Å². The largest absolute Gasteiger partial charge is 0.481 e. The lowest BCUT2D eigenvalue weighted by atomic mass is 10.1. The molecule has 1 aliphatic heterocycles. The monoisotopic (exact) mass is 451 g/mol. The summed E-state index contributed by atoms with van der Waals surface area (Å²) in [6.45, 7) is 1.15. The maximum absolute atomic E-state index is 13.1. The van der Waals surface area contributed by atoms with Crippen LogP contribution in [0.2, 0.25) is 0 Å². The summed E-state index contributed by atoms with van der Waals surface area (Å²) in [7, 11) is -3.56. The Morgan fingerprint density at radius 3 is 2.59 bits per heavy atom. The number of ether oxygens (including phenoxy) is 1. The zero-order valence-electron chi connectivity index (χ0n) is 17.7. The molecule has 2 aliphatic rings. The molecule has 166 valence electrons. The van der Waals surface area contributed by atoms with Gasteiger partial charge in [0.05, 0.1) is 4.90 Å². The Morgan fingerprint density at radius 1 is 0.969 bits per heavy atom. The van der Waals surface area contributed by atoms with Gasteiger partial charge in [-0.1, -0.05) is 24.3 Å². The Bertz CT molecular complexity index is 1260. The minimum absolute atomic E-state index is 0.104. The molecule has 2 heterocycles.